The molecular formula is C15H12N2O. The Morgan fingerprint density at radius 2 is 1.89 bits per heavy atom. The van der Waals surface area contributed by atoms with Crippen molar-refractivity contribution in [3.8, 4) is 6.07 Å². The highest BCUT2D eigenvalue weighted by Gasteiger charge is 2.12. The number of aliphatic hydroxyl groups excluding tert-OH is 1. The Hall–Kier alpha value is -2.60. The SMILES string of the molecule is Cc1ncccc1C(O)=C(C#N)c1ccccc1. The van der Waals surface area contributed by atoms with Crippen molar-refractivity contribution in [1.82, 2.24) is 4.98 Å². The predicted octanol–water partition coefficient (Wildman–Crippen LogP) is 3.34. The van der Waals surface area contributed by atoms with E-state index in [-0.39, 0.29) is 11.3 Å². The Labute approximate surface area is 106 Å². The van der Waals surface area contributed by atoms with E-state index in [1.54, 1.807) is 37.4 Å². The summed E-state index contributed by atoms with van der Waals surface area (Å²) in [7, 11) is 0. The van der Waals surface area contributed by atoms with Crippen molar-refractivity contribution >= 4 is 11.3 Å². The molecule has 3 heteroatoms. The Kier molecular flexibility index (Phi) is 3.40. The minimum absolute atomic E-state index is 0.0331. The summed E-state index contributed by atoms with van der Waals surface area (Å²) in [4.78, 5) is 4.11. The van der Waals surface area contributed by atoms with Gasteiger partial charge in [-0.05, 0) is 24.6 Å². The smallest absolute Gasteiger partial charge is 0.142 e. The molecule has 0 fully saturated rings. The molecule has 1 heterocycles. The van der Waals surface area contributed by atoms with E-state index in [9.17, 15) is 10.4 Å². The maximum atomic E-state index is 10.2. The van der Waals surface area contributed by atoms with Crippen LogP contribution < -0.4 is 0 Å². The summed E-state index contributed by atoms with van der Waals surface area (Å²) in [5.74, 6) is -0.0331. The van der Waals surface area contributed by atoms with Crippen LogP contribution in [-0.4, -0.2) is 10.1 Å². The molecule has 0 radical (unpaired) electrons. The lowest BCUT2D eigenvalue weighted by Gasteiger charge is -2.06. The van der Waals surface area contributed by atoms with Crippen molar-refractivity contribution in [2.45, 2.75) is 6.92 Å². The fraction of sp³-hybridized carbons (Fsp3) is 0.0667. The maximum Gasteiger partial charge on any atom is 0.142 e. The first-order valence-electron chi connectivity index (χ1n) is 5.55. The molecule has 0 unspecified atom stereocenters. The zero-order chi connectivity index (χ0) is 13.0. The van der Waals surface area contributed by atoms with E-state index in [0.717, 1.165) is 0 Å². The molecule has 0 aliphatic rings. The second-order valence-electron chi connectivity index (χ2n) is 3.84. The van der Waals surface area contributed by atoms with Gasteiger partial charge in [0.1, 0.15) is 17.4 Å². The average molecular weight is 236 g/mol. The number of rotatable bonds is 2. The molecule has 0 aliphatic heterocycles. The van der Waals surface area contributed by atoms with Gasteiger partial charge in [0.15, 0.2) is 0 Å². The lowest BCUT2D eigenvalue weighted by molar-refractivity contribution is 0.513. The summed E-state index contributed by atoms with van der Waals surface area (Å²) in [5, 5.41) is 19.4. The van der Waals surface area contributed by atoms with Crippen LogP contribution in [0.1, 0.15) is 16.8 Å². The van der Waals surface area contributed by atoms with E-state index in [1.165, 1.54) is 0 Å². The van der Waals surface area contributed by atoms with Crippen molar-refractivity contribution in [3.63, 3.8) is 0 Å². The second kappa shape index (κ2) is 5.15. The van der Waals surface area contributed by atoms with Crippen LogP contribution in [0.2, 0.25) is 0 Å². The number of benzene rings is 1. The van der Waals surface area contributed by atoms with E-state index < -0.39 is 0 Å². The van der Waals surface area contributed by atoms with Crippen LogP contribution in [0, 0.1) is 18.3 Å². The molecule has 0 saturated carbocycles. The lowest BCUT2D eigenvalue weighted by atomic mass is 10.0. The normalized spacial score (nSPS) is 11.6. The molecule has 1 aromatic heterocycles. The molecule has 88 valence electrons. The Balaban J connectivity index is 2.59. The van der Waals surface area contributed by atoms with Crippen molar-refractivity contribution in [1.29, 1.82) is 5.26 Å². The lowest BCUT2D eigenvalue weighted by Crippen LogP contribution is -1.94. The molecule has 2 aromatic rings. The highest BCUT2D eigenvalue weighted by atomic mass is 16.3. The van der Waals surface area contributed by atoms with Crippen LogP contribution >= 0.6 is 0 Å². The largest absolute Gasteiger partial charge is 0.506 e. The summed E-state index contributed by atoms with van der Waals surface area (Å²) in [6, 6.07) is 14.6. The van der Waals surface area contributed by atoms with Gasteiger partial charge >= 0.3 is 0 Å². The first-order chi connectivity index (χ1) is 8.74. The molecule has 2 rings (SSSR count). The summed E-state index contributed by atoms with van der Waals surface area (Å²) in [6.07, 6.45) is 1.65. The number of aliphatic hydroxyl groups is 1. The number of hydrogen-bond donors (Lipinski definition) is 1. The summed E-state index contributed by atoms with van der Waals surface area (Å²) in [6.45, 7) is 1.80. The van der Waals surface area contributed by atoms with E-state index in [0.29, 0.717) is 16.8 Å². The van der Waals surface area contributed by atoms with Gasteiger partial charge in [0.25, 0.3) is 0 Å². The number of pyridine rings is 1. The topological polar surface area (TPSA) is 56.9 Å². The molecule has 0 spiro atoms. The van der Waals surface area contributed by atoms with Gasteiger partial charge in [-0.1, -0.05) is 30.3 Å². The number of nitriles is 1. The van der Waals surface area contributed by atoms with Crippen LogP contribution in [0.3, 0.4) is 0 Å². The van der Waals surface area contributed by atoms with Crippen molar-refractivity contribution in [2.24, 2.45) is 0 Å². The zero-order valence-corrected chi connectivity index (χ0v) is 9.96. The zero-order valence-electron chi connectivity index (χ0n) is 9.96. The highest BCUT2D eigenvalue weighted by Crippen LogP contribution is 2.24. The minimum atomic E-state index is -0.0331. The third kappa shape index (κ3) is 2.23. The van der Waals surface area contributed by atoms with Gasteiger partial charge in [0.05, 0.1) is 0 Å². The van der Waals surface area contributed by atoms with Gasteiger partial charge in [-0.3, -0.25) is 4.98 Å². The first kappa shape index (κ1) is 11.9. The minimum Gasteiger partial charge on any atom is -0.506 e. The Morgan fingerprint density at radius 3 is 2.50 bits per heavy atom. The molecule has 0 atom stereocenters. The summed E-state index contributed by atoms with van der Waals surface area (Å²) in [5.41, 5.74) is 2.23. The summed E-state index contributed by atoms with van der Waals surface area (Å²) < 4.78 is 0. The fourth-order valence-corrected chi connectivity index (χ4v) is 1.73. The first-order valence-corrected chi connectivity index (χ1v) is 5.55. The average Bonchev–Trinajstić information content (AvgIpc) is 2.41. The number of nitrogens with zero attached hydrogens (tertiary/aromatic N) is 2. The van der Waals surface area contributed by atoms with Gasteiger partial charge in [0.2, 0.25) is 0 Å². The van der Waals surface area contributed by atoms with Crippen LogP contribution in [0.25, 0.3) is 11.3 Å². The standard InChI is InChI=1S/C15H12N2O/c1-11-13(8-5-9-17-11)15(18)14(10-16)12-6-3-2-4-7-12/h2-9,18H,1H3. The Morgan fingerprint density at radius 1 is 1.17 bits per heavy atom. The quantitative estimate of drug-likeness (QED) is 0.642. The van der Waals surface area contributed by atoms with Crippen molar-refractivity contribution in [2.75, 3.05) is 0 Å². The number of aromatic nitrogens is 1. The number of aryl methyl sites for hydroxylation is 1. The van der Waals surface area contributed by atoms with Crippen molar-refractivity contribution < 1.29 is 5.11 Å². The van der Waals surface area contributed by atoms with Gasteiger partial charge in [-0.25, -0.2) is 0 Å². The molecule has 0 amide bonds. The van der Waals surface area contributed by atoms with Crippen LogP contribution in [-0.2, 0) is 0 Å². The molecule has 0 saturated heterocycles. The third-order valence-corrected chi connectivity index (χ3v) is 2.67. The van der Waals surface area contributed by atoms with Gasteiger partial charge < -0.3 is 5.11 Å². The van der Waals surface area contributed by atoms with Crippen LogP contribution in [0.4, 0.5) is 0 Å². The van der Waals surface area contributed by atoms with E-state index in [1.807, 2.05) is 24.3 Å². The molecule has 18 heavy (non-hydrogen) atoms. The van der Waals surface area contributed by atoms with Crippen LogP contribution in [0.15, 0.2) is 48.7 Å². The predicted molar refractivity (Wildman–Crippen MR) is 70.5 cm³/mol. The second-order valence-corrected chi connectivity index (χ2v) is 3.84. The molecular weight excluding hydrogens is 224 g/mol. The van der Waals surface area contributed by atoms with Crippen molar-refractivity contribution in [3.05, 3.63) is 65.5 Å². The molecule has 0 bridgehead atoms. The molecule has 0 aliphatic carbocycles. The molecule has 3 nitrogen and oxygen atoms in total. The van der Waals surface area contributed by atoms with E-state index in [2.05, 4.69) is 4.98 Å². The number of hydrogen-bond acceptors (Lipinski definition) is 3. The third-order valence-electron chi connectivity index (χ3n) is 2.67. The number of allylic oxidation sites excluding steroid dienone is 1. The van der Waals surface area contributed by atoms with Gasteiger partial charge in [-0.15, -0.1) is 0 Å². The monoisotopic (exact) mass is 236 g/mol. The van der Waals surface area contributed by atoms with Gasteiger partial charge in [0, 0.05) is 17.5 Å². The maximum absolute atomic E-state index is 10.2. The van der Waals surface area contributed by atoms with Gasteiger partial charge in [-0.2, -0.15) is 5.26 Å². The Bertz CT molecular complexity index is 624. The van der Waals surface area contributed by atoms with Crippen LogP contribution in [0.5, 0.6) is 0 Å². The van der Waals surface area contributed by atoms with E-state index >= 15 is 0 Å². The summed E-state index contributed by atoms with van der Waals surface area (Å²) >= 11 is 0. The molecule has 1 N–H and O–H groups in total. The highest BCUT2D eigenvalue weighted by molar-refractivity contribution is 5.94. The fourth-order valence-electron chi connectivity index (χ4n) is 1.73. The van der Waals surface area contributed by atoms with E-state index in [4.69, 9.17) is 0 Å². The molecule has 1 aromatic carbocycles.